The summed E-state index contributed by atoms with van der Waals surface area (Å²) in [7, 11) is 2.03. The van der Waals surface area contributed by atoms with E-state index in [0.717, 1.165) is 19.6 Å². The Morgan fingerprint density at radius 2 is 1.88 bits per heavy atom. The molecule has 0 saturated carbocycles. The van der Waals surface area contributed by atoms with Crippen molar-refractivity contribution in [2.75, 3.05) is 20.1 Å². The van der Waals surface area contributed by atoms with Crippen molar-refractivity contribution in [2.45, 2.75) is 32.9 Å². The van der Waals surface area contributed by atoms with E-state index in [-0.39, 0.29) is 0 Å². The topological polar surface area (TPSA) is 15.3 Å². The van der Waals surface area contributed by atoms with Crippen LogP contribution in [0.3, 0.4) is 0 Å². The van der Waals surface area contributed by atoms with Crippen LogP contribution in [0.15, 0.2) is 30.3 Å². The minimum Gasteiger partial charge on any atom is -0.318 e. The molecule has 1 unspecified atom stereocenters. The van der Waals surface area contributed by atoms with Gasteiger partial charge in [0.1, 0.15) is 0 Å². The van der Waals surface area contributed by atoms with Gasteiger partial charge in [-0.2, -0.15) is 0 Å². The molecule has 0 amide bonds. The Morgan fingerprint density at radius 1 is 1.19 bits per heavy atom. The van der Waals surface area contributed by atoms with Gasteiger partial charge in [0, 0.05) is 19.1 Å². The van der Waals surface area contributed by atoms with Gasteiger partial charge in [-0.3, -0.25) is 4.90 Å². The minimum atomic E-state index is 0.634. The molecule has 1 aromatic carbocycles. The molecule has 0 aliphatic heterocycles. The highest BCUT2D eigenvalue weighted by Crippen LogP contribution is 2.09. The van der Waals surface area contributed by atoms with Crippen molar-refractivity contribution in [3.05, 3.63) is 35.9 Å². The molecule has 2 nitrogen and oxygen atoms in total. The molecule has 1 rings (SSSR count). The lowest BCUT2D eigenvalue weighted by molar-refractivity contribution is 0.190. The average molecular weight is 220 g/mol. The molecule has 2 heteroatoms. The monoisotopic (exact) mass is 220 g/mol. The van der Waals surface area contributed by atoms with Crippen molar-refractivity contribution in [1.82, 2.24) is 10.2 Å². The van der Waals surface area contributed by atoms with Gasteiger partial charge in [0.15, 0.2) is 0 Å². The zero-order valence-corrected chi connectivity index (χ0v) is 10.7. The molecule has 16 heavy (non-hydrogen) atoms. The first-order chi connectivity index (χ1) is 7.81. The maximum Gasteiger partial charge on any atom is 0.0237 e. The zero-order chi connectivity index (χ0) is 11.8. The molecule has 0 aliphatic rings. The van der Waals surface area contributed by atoms with E-state index in [1.165, 1.54) is 12.0 Å². The van der Waals surface area contributed by atoms with E-state index in [4.69, 9.17) is 0 Å². The first kappa shape index (κ1) is 13.2. The largest absolute Gasteiger partial charge is 0.318 e. The second kappa shape index (κ2) is 7.42. The summed E-state index contributed by atoms with van der Waals surface area (Å²) >= 11 is 0. The Hall–Kier alpha value is -0.860. The summed E-state index contributed by atoms with van der Waals surface area (Å²) in [6, 6.07) is 11.3. The number of rotatable bonds is 7. The maximum absolute atomic E-state index is 3.28. The zero-order valence-electron chi connectivity index (χ0n) is 10.7. The lowest BCUT2D eigenvalue weighted by Crippen LogP contribution is -2.40. The van der Waals surface area contributed by atoms with Crippen LogP contribution in [-0.2, 0) is 6.54 Å². The Kier molecular flexibility index (Phi) is 6.12. The summed E-state index contributed by atoms with van der Waals surface area (Å²) in [5.74, 6) is 0. The molecule has 1 aromatic rings. The molecular formula is C14H24N2. The Labute approximate surface area is 99.7 Å². The third-order valence-electron chi connectivity index (χ3n) is 3.06. The van der Waals surface area contributed by atoms with Crippen LogP contribution in [0.1, 0.15) is 25.8 Å². The molecule has 0 spiro atoms. The third-order valence-corrected chi connectivity index (χ3v) is 3.06. The van der Waals surface area contributed by atoms with Gasteiger partial charge < -0.3 is 5.32 Å². The number of nitrogens with one attached hydrogen (secondary N) is 1. The quantitative estimate of drug-likeness (QED) is 0.759. The molecule has 1 atom stereocenters. The number of hydrogen-bond acceptors (Lipinski definition) is 2. The molecular weight excluding hydrogens is 196 g/mol. The summed E-state index contributed by atoms with van der Waals surface area (Å²) < 4.78 is 0. The number of likely N-dealkylation sites (N-methyl/N-ethyl adjacent to an activating group) is 2. The average Bonchev–Trinajstić information content (AvgIpc) is 2.35. The van der Waals surface area contributed by atoms with Crippen LogP contribution >= 0.6 is 0 Å². The van der Waals surface area contributed by atoms with E-state index in [1.54, 1.807) is 0 Å². The summed E-state index contributed by atoms with van der Waals surface area (Å²) in [6.07, 6.45) is 1.20. The van der Waals surface area contributed by atoms with Crippen LogP contribution < -0.4 is 5.32 Å². The van der Waals surface area contributed by atoms with Gasteiger partial charge in [0.25, 0.3) is 0 Å². The molecule has 0 saturated heterocycles. The van der Waals surface area contributed by atoms with Crippen molar-refractivity contribution in [1.29, 1.82) is 0 Å². The van der Waals surface area contributed by atoms with Crippen molar-refractivity contribution in [3.8, 4) is 0 Å². The standard InChI is InChI=1S/C14H24N2/c1-4-14(11-15-3)16(5-2)12-13-9-7-6-8-10-13/h6-10,14-15H,4-5,11-12H2,1-3H3. The third kappa shape index (κ3) is 3.95. The molecule has 0 aliphatic carbocycles. The highest BCUT2D eigenvalue weighted by Gasteiger charge is 2.14. The van der Waals surface area contributed by atoms with Gasteiger partial charge in [0.2, 0.25) is 0 Å². The van der Waals surface area contributed by atoms with Gasteiger partial charge in [-0.05, 0) is 25.6 Å². The number of hydrogen-bond donors (Lipinski definition) is 1. The maximum atomic E-state index is 3.28. The van der Waals surface area contributed by atoms with Crippen LogP contribution in [0.5, 0.6) is 0 Å². The van der Waals surface area contributed by atoms with E-state index in [1.807, 2.05) is 7.05 Å². The van der Waals surface area contributed by atoms with Crippen LogP contribution in [0.2, 0.25) is 0 Å². The van der Waals surface area contributed by atoms with Gasteiger partial charge in [-0.1, -0.05) is 44.2 Å². The van der Waals surface area contributed by atoms with Crippen molar-refractivity contribution < 1.29 is 0 Å². The van der Waals surface area contributed by atoms with Gasteiger partial charge >= 0.3 is 0 Å². The second-order valence-electron chi connectivity index (χ2n) is 4.17. The molecule has 0 fully saturated rings. The predicted molar refractivity (Wildman–Crippen MR) is 70.5 cm³/mol. The molecule has 0 bridgehead atoms. The minimum absolute atomic E-state index is 0.634. The molecule has 90 valence electrons. The fourth-order valence-electron chi connectivity index (χ4n) is 2.08. The molecule has 0 heterocycles. The van der Waals surface area contributed by atoms with Crippen molar-refractivity contribution in [3.63, 3.8) is 0 Å². The Morgan fingerprint density at radius 3 is 2.38 bits per heavy atom. The second-order valence-corrected chi connectivity index (χ2v) is 4.17. The normalized spacial score (nSPS) is 13.0. The van der Waals surface area contributed by atoms with E-state index < -0.39 is 0 Å². The van der Waals surface area contributed by atoms with Gasteiger partial charge in [0.05, 0.1) is 0 Å². The van der Waals surface area contributed by atoms with Gasteiger partial charge in [-0.25, -0.2) is 0 Å². The van der Waals surface area contributed by atoms with Crippen LogP contribution in [-0.4, -0.2) is 31.1 Å². The molecule has 0 radical (unpaired) electrons. The fraction of sp³-hybridized carbons (Fsp3) is 0.571. The van der Waals surface area contributed by atoms with Gasteiger partial charge in [-0.15, -0.1) is 0 Å². The first-order valence-corrected chi connectivity index (χ1v) is 6.24. The van der Waals surface area contributed by atoms with Crippen LogP contribution in [0.25, 0.3) is 0 Å². The van der Waals surface area contributed by atoms with Crippen LogP contribution in [0.4, 0.5) is 0 Å². The molecule has 1 N–H and O–H groups in total. The summed E-state index contributed by atoms with van der Waals surface area (Å²) in [4.78, 5) is 2.53. The summed E-state index contributed by atoms with van der Waals surface area (Å²) in [6.45, 7) is 7.72. The lowest BCUT2D eigenvalue weighted by Gasteiger charge is -2.30. The van der Waals surface area contributed by atoms with Crippen molar-refractivity contribution >= 4 is 0 Å². The summed E-state index contributed by atoms with van der Waals surface area (Å²) in [5, 5.41) is 3.28. The smallest absolute Gasteiger partial charge is 0.0237 e. The van der Waals surface area contributed by atoms with Crippen molar-refractivity contribution in [2.24, 2.45) is 0 Å². The van der Waals surface area contributed by atoms with E-state index >= 15 is 0 Å². The highest BCUT2D eigenvalue weighted by atomic mass is 15.2. The highest BCUT2D eigenvalue weighted by molar-refractivity contribution is 5.14. The number of nitrogens with zero attached hydrogens (tertiary/aromatic N) is 1. The van der Waals surface area contributed by atoms with E-state index in [0.29, 0.717) is 6.04 Å². The first-order valence-electron chi connectivity index (χ1n) is 6.24. The van der Waals surface area contributed by atoms with E-state index in [2.05, 4.69) is 54.4 Å². The van der Waals surface area contributed by atoms with Crippen LogP contribution in [0, 0.1) is 0 Å². The Bertz CT molecular complexity index is 271. The predicted octanol–water partition coefficient (Wildman–Crippen LogP) is 2.51. The Balaban J connectivity index is 2.60. The molecule has 0 aromatic heterocycles. The lowest BCUT2D eigenvalue weighted by atomic mass is 10.1. The number of benzene rings is 1. The SMILES string of the molecule is CCC(CNC)N(CC)Cc1ccccc1. The summed E-state index contributed by atoms with van der Waals surface area (Å²) in [5.41, 5.74) is 1.40. The van der Waals surface area contributed by atoms with E-state index in [9.17, 15) is 0 Å². The fourth-order valence-corrected chi connectivity index (χ4v) is 2.08.